The van der Waals surface area contributed by atoms with E-state index in [2.05, 4.69) is 25.6 Å². The summed E-state index contributed by atoms with van der Waals surface area (Å²) >= 11 is 5.91. The van der Waals surface area contributed by atoms with Crippen LogP contribution in [0.2, 0.25) is 5.02 Å². The number of hydrogen-bond acceptors (Lipinski definition) is 6. The molecule has 0 saturated carbocycles. The lowest BCUT2D eigenvalue weighted by atomic mass is 10.2. The van der Waals surface area contributed by atoms with Gasteiger partial charge in [0.05, 0.1) is 12.3 Å². The molecule has 3 rings (SSSR count). The quantitative estimate of drug-likeness (QED) is 0.603. The van der Waals surface area contributed by atoms with Crippen LogP contribution in [0.5, 0.6) is 0 Å². The molecule has 0 saturated heterocycles. The number of halogens is 1. The van der Waals surface area contributed by atoms with Crippen LogP contribution in [-0.4, -0.2) is 33.2 Å². The first kappa shape index (κ1) is 17.1. The Morgan fingerprint density at radius 3 is 2.60 bits per heavy atom. The van der Waals surface area contributed by atoms with Crippen LogP contribution in [0, 0.1) is 0 Å². The molecular weight excluding hydrogens is 338 g/mol. The highest BCUT2D eigenvalue weighted by Gasteiger charge is 2.07. The van der Waals surface area contributed by atoms with E-state index in [-0.39, 0.29) is 6.61 Å². The van der Waals surface area contributed by atoms with E-state index >= 15 is 0 Å². The topological polar surface area (TPSA) is 83.0 Å². The van der Waals surface area contributed by atoms with Gasteiger partial charge in [-0.15, -0.1) is 0 Å². The van der Waals surface area contributed by atoms with Gasteiger partial charge in [0.15, 0.2) is 0 Å². The van der Waals surface area contributed by atoms with Gasteiger partial charge in [0.2, 0.25) is 5.95 Å². The van der Waals surface area contributed by atoms with Crippen LogP contribution in [0.1, 0.15) is 5.56 Å². The number of nitrogens with one attached hydrogen (secondary N) is 2. The maximum Gasteiger partial charge on any atom is 0.225 e. The van der Waals surface area contributed by atoms with E-state index in [0.29, 0.717) is 29.9 Å². The molecule has 3 N–H and O–H groups in total. The number of benzene rings is 1. The normalized spacial score (nSPS) is 10.5. The molecule has 0 atom stereocenters. The van der Waals surface area contributed by atoms with Gasteiger partial charge in [-0.05, 0) is 29.8 Å². The minimum atomic E-state index is 0.00795. The van der Waals surface area contributed by atoms with E-state index < -0.39 is 0 Å². The Hall–Kier alpha value is -2.70. The van der Waals surface area contributed by atoms with E-state index in [1.54, 1.807) is 12.4 Å². The SMILES string of the molecule is OCCNc1nc(NCc2ccc(Cl)cc2)cc(-c2cccnc2)n1. The molecule has 0 bridgehead atoms. The van der Waals surface area contributed by atoms with Crippen molar-refractivity contribution in [2.45, 2.75) is 6.54 Å². The molecule has 7 heteroatoms. The first-order valence-electron chi connectivity index (χ1n) is 7.87. The van der Waals surface area contributed by atoms with E-state index in [0.717, 1.165) is 16.8 Å². The average molecular weight is 356 g/mol. The van der Waals surface area contributed by atoms with Crippen LogP contribution >= 0.6 is 11.6 Å². The summed E-state index contributed by atoms with van der Waals surface area (Å²) in [7, 11) is 0. The molecular formula is C18H18ClN5O. The summed E-state index contributed by atoms with van der Waals surface area (Å²) in [5, 5.41) is 16.0. The highest BCUT2D eigenvalue weighted by Crippen LogP contribution is 2.21. The van der Waals surface area contributed by atoms with E-state index in [1.165, 1.54) is 0 Å². The van der Waals surface area contributed by atoms with E-state index in [9.17, 15) is 0 Å². The maximum absolute atomic E-state index is 9.00. The number of nitrogens with zero attached hydrogens (tertiary/aromatic N) is 3. The number of rotatable bonds is 7. The molecule has 128 valence electrons. The Morgan fingerprint density at radius 2 is 1.88 bits per heavy atom. The second-order valence-electron chi connectivity index (χ2n) is 5.33. The maximum atomic E-state index is 9.00. The Bertz CT molecular complexity index is 811. The molecule has 1 aromatic carbocycles. The van der Waals surface area contributed by atoms with E-state index in [4.69, 9.17) is 16.7 Å². The first-order chi connectivity index (χ1) is 12.2. The molecule has 0 spiro atoms. The average Bonchev–Trinajstić information content (AvgIpc) is 2.66. The first-order valence-corrected chi connectivity index (χ1v) is 8.25. The number of aromatic nitrogens is 3. The van der Waals surface area contributed by atoms with Crippen LogP contribution in [0.25, 0.3) is 11.3 Å². The van der Waals surface area contributed by atoms with Crippen molar-refractivity contribution in [3.05, 3.63) is 65.4 Å². The molecule has 0 aliphatic heterocycles. The number of aliphatic hydroxyl groups is 1. The van der Waals surface area contributed by atoms with Gasteiger partial charge < -0.3 is 15.7 Å². The minimum Gasteiger partial charge on any atom is -0.395 e. The van der Waals surface area contributed by atoms with Crippen LogP contribution < -0.4 is 10.6 Å². The van der Waals surface area contributed by atoms with Gasteiger partial charge >= 0.3 is 0 Å². The second kappa shape index (κ2) is 8.41. The Morgan fingerprint density at radius 1 is 1.04 bits per heavy atom. The summed E-state index contributed by atoms with van der Waals surface area (Å²) < 4.78 is 0. The van der Waals surface area contributed by atoms with Gasteiger partial charge in [-0.3, -0.25) is 4.98 Å². The van der Waals surface area contributed by atoms with Crippen LogP contribution in [-0.2, 0) is 6.54 Å². The Balaban J connectivity index is 1.82. The number of hydrogen-bond donors (Lipinski definition) is 3. The highest BCUT2D eigenvalue weighted by atomic mass is 35.5. The molecule has 2 heterocycles. The zero-order valence-electron chi connectivity index (χ0n) is 13.5. The fraction of sp³-hybridized carbons (Fsp3) is 0.167. The van der Waals surface area contributed by atoms with Gasteiger partial charge in [-0.1, -0.05) is 23.7 Å². The molecule has 2 aromatic heterocycles. The monoisotopic (exact) mass is 355 g/mol. The Labute approximate surface area is 150 Å². The summed E-state index contributed by atoms with van der Waals surface area (Å²) in [5.74, 6) is 1.14. The molecule has 0 radical (unpaired) electrons. The Kier molecular flexibility index (Phi) is 5.77. The highest BCUT2D eigenvalue weighted by molar-refractivity contribution is 6.30. The molecule has 3 aromatic rings. The van der Waals surface area contributed by atoms with Crippen molar-refractivity contribution in [2.24, 2.45) is 0 Å². The van der Waals surface area contributed by atoms with E-state index in [1.807, 2.05) is 42.5 Å². The third-order valence-electron chi connectivity index (χ3n) is 3.47. The lowest BCUT2D eigenvalue weighted by molar-refractivity contribution is 0.311. The lowest BCUT2D eigenvalue weighted by Crippen LogP contribution is -2.11. The lowest BCUT2D eigenvalue weighted by Gasteiger charge is -2.11. The molecule has 0 amide bonds. The fourth-order valence-corrected chi connectivity index (χ4v) is 2.37. The molecule has 0 fully saturated rings. The summed E-state index contributed by atoms with van der Waals surface area (Å²) in [6.45, 7) is 1.00. The van der Waals surface area contributed by atoms with Crippen LogP contribution in [0.4, 0.5) is 11.8 Å². The smallest absolute Gasteiger partial charge is 0.225 e. The zero-order valence-corrected chi connectivity index (χ0v) is 14.2. The van der Waals surface area contributed by atoms with Crippen molar-refractivity contribution in [1.29, 1.82) is 0 Å². The zero-order chi connectivity index (χ0) is 17.5. The summed E-state index contributed by atoms with van der Waals surface area (Å²) in [6.07, 6.45) is 3.47. The minimum absolute atomic E-state index is 0.00795. The second-order valence-corrected chi connectivity index (χ2v) is 5.77. The number of pyridine rings is 1. The summed E-state index contributed by atoms with van der Waals surface area (Å²) in [6, 6.07) is 13.3. The molecule has 0 aliphatic carbocycles. The third-order valence-corrected chi connectivity index (χ3v) is 3.72. The predicted molar refractivity (Wildman–Crippen MR) is 99.6 cm³/mol. The summed E-state index contributed by atoms with van der Waals surface area (Å²) in [5.41, 5.74) is 2.74. The third kappa shape index (κ3) is 4.89. The van der Waals surface area contributed by atoms with Gasteiger partial charge in [0.25, 0.3) is 0 Å². The standard InChI is InChI=1S/C18H18ClN5O/c19-15-5-3-13(4-6-15)11-22-17-10-16(14-2-1-7-20-12-14)23-18(24-17)21-8-9-25/h1-7,10,12,25H,8-9,11H2,(H2,21,22,23,24). The van der Waals surface area contributed by atoms with Crippen molar-refractivity contribution in [3.63, 3.8) is 0 Å². The molecule has 0 aliphatic rings. The van der Waals surface area contributed by atoms with Crippen molar-refractivity contribution in [1.82, 2.24) is 15.0 Å². The van der Waals surface area contributed by atoms with Crippen molar-refractivity contribution < 1.29 is 5.11 Å². The van der Waals surface area contributed by atoms with Gasteiger partial charge in [-0.25, -0.2) is 4.98 Å². The largest absolute Gasteiger partial charge is 0.395 e. The number of aliphatic hydroxyl groups excluding tert-OH is 1. The summed E-state index contributed by atoms with van der Waals surface area (Å²) in [4.78, 5) is 13.0. The predicted octanol–water partition coefficient (Wildman–Crippen LogP) is 3.21. The molecule has 0 unspecified atom stereocenters. The van der Waals surface area contributed by atoms with Crippen LogP contribution in [0.15, 0.2) is 54.9 Å². The van der Waals surface area contributed by atoms with Gasteiger partial charge in [0, 0.05) is 42.1 Å². The van der Waals surface area contributed by atoms with Crippen molar-refractivity contribution in [2.75, 3.05) is 23.8 Å². The fourth-order valence-electron chi connectivity index (χ4n) is 2.24. The van der Waals surface area contributed by atoms with Gasteiger partial charge in [-0.2, -0.15) is 4.98 Å². The molecule has 6 nitrogen and oxygen atoms in total. The van der Waals surface area contributed by atoms with Crippen molar-refractivity contribution >= 4 is 23.4 Å². The van der Waals surface area contributed by atoms with Crippen molar-refractivity contribution in [3.8, 4) is 11.3 Å². The van der Waals surface area contributed by atoms with Crippen LogP contribution in [0.3, 0.4) is 0 Å². The number of anilines is 2. The van der Waals surface area contributed by atoms with Gasteiger partial charge in [0.1, 0.15) is 5.82 Å². The molecule has 25 heavy (non-hydrogen) atoms.